The number of aromatic amines is 1. The molecule has 34 heavy (non-hydrogen) atoms. The van der Waals surface area contributed by atoms with Gasteiger partial charge in [-0.1, -0.05) is 45.9 Å². The Morgan fingerprint density at radius 2 is 1.65 bits per heavy atom. The third-order valence-corrected chi connectivity index (χ3v) is 5.63. The fourth-order valence-corrected chi connectivity index (χ4v) is 4.08. The van der Waals surface area contributed by atoms with Gasteiger partial charge in [0.2, 0.25) is 0 Å². The zero-order valence-corrected chi connectivity index (χ0v) is 20.9. The van der Waals surface area contributed by atoms with Crippen LogP contribution in [-0.4, -0.2) is 49.3 Å². The van der Waals surface area contributed by atoms with E-state index in [1.54, 1.807) is 19.2 Å². The van der Waals surface area contributed by atoms with Crippen molar-refractivity contribution >= 4 is 17.1 Å². The lowest BCUT2D eigenvalue weighted by molar-refractivity contribution is -0.0449. The second-order valence-corrected chi connectivity index (χ2v) is 9.59. The highest BCUT2D eigenvalue weighted by Crippen LogP contribution is 2.17. The van der Waals surface area contributed by atoms with Gasteiger partial charge >= 0.3 is 11.7 Å². The van der Waals surface area contributed by atoms with Crippen molar-refractivity contribution in [3.05, 3.63) is 62.6 Å². The Kier molecular flexibility index (Phi) is 8.09. The highest BCUT2D eigenvalue weighted by molar-refractivity contribution is 5.89. The smallest absolute Gasteiger partial charge is 0.339 e. The number of carbonyl (C=O) groups excluding carboxylic acids is 1. The zero-order chi connectivity index (χ0) is 25.0. The molecule has 0 amide bonds. The summed E-state index contributed by atoms with van der Waals surface area (Å²) < 4.78 is 8.42. The van der Waals surface area contributed by atoms with Crippen molar-refractivity contribution in [2.45, 2.75) is 46.8 Å². The van der Waals surface area contributed by atoms with Crippen LogP contribution in [0.5, 0.6) is 0 Å². The van der Waals surface area contributed by atoms with E-state index in [1.807, 2.05) is 18.2 Å². The molecule has 0 saturated carbocycles. The third kappa shape index (κ3) is 5.83. The summed E-state index contributed by atoms with van der Waals surface area (Å²) in [7, 11) is 3.03. The van der Waals surface area contributed by atoms with E-state index in [1.165, 1.54) is 11.6 Å². The standard InChI is InChI=1S/C25H35N5O4/c1-16(2)14-30(15-17(3)4)20(34-24(32)18-10-8-7-9-11-18)13-12-19-26-21-22(27-19)28(5)25(33)29(6)23(21)31/h7-11,16-17,20H,12-15H2,1-6H3,(H,26,27). The molecule has 9 nitrogen and oxygen atoms in total. The van der Waals surface area contributed by atoms with E-state index in [-0.39, 0.29) is 5.97 Å². The third-order valence-electron chi connectivity index (χ3n) is 5.63. The van der Waals surface area contributed by atoms with Crippen molar-refractivity contribution in [1.82, 2.24) is 24.0 Å². The van der Waals surface area contributed by atoms with E-state index in [0.29, 0.717) is 47.2 Å². The highest BCUT2D eigenvalue weighted by Gasteiger charge is 2.25. The molecule has 0 fully saturated rings. The number of nitrogens with zero attached hydrogens (tertiary/aromatic N) is 4. The molecule has 9 heteroatoms. The highest BCUT2D eigenvalue weighted by atomic mass is 16.6. The van der Waals surface area contributed by atoms with E-state index in [0.717, 1.165) is 17.7 Å². The van der Waals surface area contributed by atoms with Crippen LogP contribution in [0.25, 0.3) is 11.2 Å². The predicted octanol–water partition coefficient (Wildman–Crippen LogP) is 2.69. The molecule has 3 rings (SSSR count). The first-order chi connectivity index (χ1) is 16.1. The van der Waals surface area contributed by atoms with Gasteiger partial charge in [0.1, 0.15) is 11.3 Å². The van der Waals surface area contributed by atoms with Crippen LogP contribution in [0.3, 0.4) is 0 Å². The molecule has 0 aliphatic carbocycles. The van der Waals surface area contributed by atoms with Crippen LogP contribution in [0.1, 0.15) is 50.3 Å². The molecule has 1 unspecified atom stereocenters. The van der Waals surface area contributed by atoms with E-state index in [9.17, 15) is 14.4 Å². The number of esters is 1. The quantitative estimate of drug-likeness (QED) is 0.362. The topological polar surface area (TPSA) is 102 Å². The molecule has 1 N–H and O–H groups in total. The Bertz CT molecular complexity index is 1230. The van der Waals surface area contributed by atoms with Gasteiger partial charge in [-0.05, 0) is 24.0 Å². The molecule has 1 atom stereocenters. The van der Waals surface area contributed by atoms with Crippen LogP contribution in [0, 0.1) is 11.8 Å². The lowest BCUT2D eigenvalue weighted by atomic mass is 10.1. The average molecular weight is 470 g/mol. The monoisotopic (exact) mass is 469 g/mol. The number of aromatic nitrogens is 4. The zero-order valence-electron chi connectivity index (χ0n) is 20.9. The number of hydrogen-bond acceptors (Lipinski definition) is 6. The predicted molar refractivity (Wildman–Crippen MR) is 132 cm³/mol. The normalized spacial score (nSPS) is 12.7. The van der Waals surface area contributed by atoms with Crippen molar-refractivity contribution in [3.8, 4) is 0 Å². The summed E-state index contributed by atoms with van der Waals surface area (Å²) in [5.74, 6) is 0.980. The van der Waals surface area contributed by atoms with Gasteiger partial charge in [0.05, 0.1) is 5.56 Å². The van der Waals surface area contributed by atoms with Gasteiger partial charge in [-0.15, -0.1) is 0 Å². The number of hydrogen-bond donors (Lipinski definition) is 1. The summed E-state index contributed by atoms with van der Waals surface area (Å²) in [4.78, 5) is 47.4. The summed E-state index contributed by atoms with van der Waals surface area (Å²) in [5, 5.41) is 0. The summed E-state index contributed by atoms with van der Waals surface area (Å²) in [5.41, 5.74) is 0.278. The second-order valence-electron chi connectivity index (χ2n) is 9.59. The molecule has 2 heterocycles. The number of nitrogens with one attached hydrogen (secondary N) is 1. The number of rotatable bonds is 10. The summed E-state index contributed by atoms with van der Waals surface area (Å²) in [6, 6.07) is 8.96. The van der Waals surface area contributed by atoms with Crippen LogP contribution in [-0.2, 0) is 25.3 Å². The Morgan fingerprint density at radius 3 is 2.24 bits per heavy atom. The maximum absolute atomic E-state index is 12.9. The summed E-state index contributed by atoms with van der Waals surface area (Å²) in [6.07, 6.45) is 0.481. The van der Waals surface area contributed by atoms with Gasteiger partial charge in [-0.3, -0.25) is 18.8 Å². The van der Waals surface area contributed by atoms with Crippen LogP contribution in [0.15, 0.2) is 39.9 Å². The minimum absolute atomic E-state index is 0.290. The van der Waals surface area contributed by atoms with Gasteiger partial charge < -0.3 is 9.72 Å². The molecular formula is C25H35N5O4. The Balaban J connectivity index is 1.89. The minimum atomic E-state index is -0.461. The van der Waals surface area contributed by atoms with Crippen molar-refractivity contribution in [3.63, 3.8) is 0 Å². The largest absolute Gasteiger partial charge is 0.443 e. The van der Waals surface area contributed by atoms with Gasteiger partial charge in [0, 0.05) is 40.0 Å². The van der Waals surface area contributed by atoms with Gasteiger partial charge in [0.15, 0.2) is 11.9 Å². The molecular weight excluding hydrogens is 434 g/mol. The van der Waals surface area contributed by atoms with E-state index in [4.69, 9.17) is 4.74 Å². The number of aryl methyl sites for hydroxylation is 2. The van der Waals surface area contributed by atoms with Crippen molar-refractivity contribution < 1.29 is 9.53 Å². The SMILES string of the molecule is CC(C)CN(CC(C)C)C(CCc1nc2c([nH]1)c(=O)n(C)c(=O)n2C)OC(=O)c1ccccc1. The van der Waals surface area contributed by atoms with Crippen molar-refractivity contribution in [2.24, 2.45) is 25.9 Å². The molecule has 2 aromatic heterocycles. The molecule has 0 saturated heterocycles. The molecule has 3 aromatic rings. The summed E-state index contributed by atoms with van der Waals surface area (Å²) in [6.45, 7) is 10.1. The number of fused-ring (bicyclic) bond motifs is 1. The molecule has 0 aliphatic rings. The van der Waals surface area contributed by atoms with E-state index >= 15 is 0 Å². The Labute approximate surface area is 199 Å². The fourth-order valence-electron chi connectivity index (χ4n) is 4.08. The first-order valence-electron chi connectivity index (χ1n) is 11.7. The van der Waals surface area contributed by atoms with Gasteiger partial charge in [-0.2, -0.15) is 0 Å². The Hall–Kier alpha value is -3.20. The Morgan fingerprint density at radius 1 is 1.03 bits per heavy atom. The van der Waals surface area contributed by atoms with Crippen LogP contribution in [0.2, 0.25) is 0 Å². The molecule has 0 spiro atoms. The number of H-pyrrole nitrogens is 1. The first-order valence-corrected chi connectivity index (χ1v) is 11.7. The van der Waals surface area contributed by atoms with Gasteiger partial charge in [0.25, 0.3) is 5.56 Å². The van der Waals surface area contributed by atoms with Crippen LogP contribution in [0.4, 0.5) is 0 Å². The molecule has 0 aliphatic heterocycles. The number of carbonyl (C=O) groups is 1. The molecule has 0 radical (unpaired) electrons. The minimum Gasteiger partial charge on any atom is -0.443 e. The fraction of sp³-hybridized carbons (Fsp3) is 0.520. The van der Waals surface area contributed by atoms with E-state index in [2.05, 4.69) is 42.6 Å². The lowest BCUT2D eigenvalue weighted by Gasteiger charge is -2.33. The van der Waals surface area contributed by atoms with Crippen LogP contribution >= 0.6 is 0 Å². The molecule has 0 bridgehead atoms. The van der Waals surface area contributed by atoms with Crippen LogP contribution < -0.4 is 11.2 Å². The average Bonchev–Trinajstić information content (AvgIpc) is 3.23. The van der Waals surface area contributed by atoms with Crippen molar-refractivity contribution in [2.75, 3.05) is 13.1 Å². The lowest BCUT2D eigenvalue weighted by Crippen LogP contribution is -2.43. The maximum atomic E-state index is 12.9. The number of benzene rings is 1. The van der Waals surface area contributed by atoms with Gasteiger partial charge in [-0.25, -0.2) is 14.6 Å². The molecule has 184 valence electrons. The maximum Gasteiger partial charge on any atom is 0.339 e. The first kappa shape index (κ1) is 25.4. The van der Waals surface area contributed by atoms with Crippen molar-refractivity contribution in [1.29, 1.82) is 0 Å². The number of ether oxygens (including phenoxy) is 1. The summed E-state index contributed by atoms with van der Waals surface area (Å²) >= 11 is 0. The molecule has 1 aromatic carbocycles. The number of imidazole rings is 1. The second kappa shape index (κ2) is 10.8. The van der Waals surface area contributed by atoms with E-state index < -0.39 is 17.5 Å².